The summed E-state index contributed by atoms with van der Waals surface area (Å²) < 4.78 is 10.8. The summed E-state index contributed by atoms with van der Waals surface area (Å²) in [4.78, 5) is 22.7. The first-order chi connectivity index (χ1) is 13.4. The van der Waals surface area contributed by atoms with Crippen molar-refractivity contribution in [3.63, 3.8) is 0 Å². The second-order valence-electron chi connectivity index (χ2n) is 5.63. The number of ether oxygens (including phenoxy) is 2. The fraction of sp³-hybridized carbons (Fsp3) is 0.263. The molecular formula is C19H21N3O6. The summed E-state index contributed by atoms with van der Waals surface area (Å²) in [5.74, 6) is 0.0371. The number of amides is 1. The van der Waals surface area contributed by atoms with Crippen LogP contribution in [-0.4, -0.2) is 35.4 Å². The van der Waals surface area contributed by atoms with E-state index in [-0.39, 0.29) is 41.9 Å². The molecule has 2 N–H and O–H groups in total. The van der Waals surface area contributed by atoms with Crippen molar-refractivity contribution >= 4 is 17.8 Å². The minimum absolute atomic E-state index is 0.0582. The number of phenolic OH excluding ortho intramolecular Hbond substituents is 1. The quantitative estimate of drug-likeness (QED) is 0.387. The summed E-state index contributed by atoms with van der Waals surface area (Å²) in [6, 6.07) is 9.08. The molecule has 0 aliphatic rings. The first-order valence-corrected chi connectivity index (χ1v) is 8.62. The Morgan fingerprint density at radius 3 is 2.50 bits per heavy atom. The van der Waals surface area contributed by atoms with Crippen molar-refractivity contribution < 1.29 is 24.3 Å². The third-order valence-corrected chi connectivity index (χ3v) is 3.55. The van der Waals surface area contributed by atoms with Crippen molar-refractivity contribution in [3.8, 4) is 17.2 Å². The van der Waals surface area contributed by atoms with Gasteiger partial charge in [0.15, 0.2) is 5.75 Å². The van der Waals surface area contributed by atoms with Gasteiger partial charge in [0.2, 0.25) is 11.7 Å². The maximum Gasteiger partial charge on any atom is 0.315 e. The van der Waals surface area contributed by atoms with E-state index in [1.54, 1.807) is 32.0 Å². The zero-order valence-corrected chi connectivity index (χ0v) is 15.5. The highest BCUT2D eigenvalue weighted by atomic mass is 16.6. The van der Waals surface area contributed by atoms with E-state index in [0.717, 1.165) is 0 Å². The zero-order valence-electron chi connectivity index (χ0n) is 15.5. The van der Waals surface area contributed by atoms with Crippen LogP contribution in [0.1, 0.15) is 25.0 Å². The van der Waals surface area contributed by atoms with Crippen LogP contribution in [0, 0.1) is 10.1 Å². The van der Waals surface area contributed by atoms with Crippen molar-refractivity contribution in [1.82, 2.24) is 5.43 Å². The van der Waals surface area contributed by atoms with E-state index in [1.165, 1.54) is 24.4 Å². The monoisotopic (exact) mass is 387 g/mol. The number of hydrogen-bond donors (Lipinski definition) is 2. The number of nitro groups is 1. The molecule has 0 saturated carbocycles. The molecule has 2 rings (SSSR count). The molecule has 0 aliphatic heterocycles. The smallest absolute Gasteiger partial charge is 0.315 e. The number of carbonyl (C=O) groups is 1. The normalized spacial score (nSPS) is 10.6. The van der Waals surface area contributed by atoms with Crippen molar-refractivity contribution in [3.05, 3.63) is 57.6 Å². The molecule has 0 radical (unpaired) electrons. The highest BCUT2D eigenvalue weighted by molar-refractivity contribution is 5.85. The summed E-state index contributed by atoms with van der Waals surface area (Å²) in [6.07, 6.45) is 1.37. The van der Waals surface area contributed by atoms with E-state index in [2.05, 4.69) is 10.5 Å². The molecule has 0 unspecified atom stereocenters. The third kappa shape index (κ3) is 5.70. The number of aromatic hydroxyl groups is 1. The average molecular weight is 387 g/mol. The maximum absolute atomic E-state index is 11.9. The number of hydrogen-bond acceptors (Lipinski definition) is 7. The van der Waals surface area contributed by atoms with Crippen LogP contribution in [0.25, 0.3) is 0 Å². The number of rotatable bonds is 9. The number of carbonyl (C=O) groups excluding carboxylic acids is 1. The van der Waals surface area contributed by atoms with Gasteiger partial charge in [0.05, 0.1) is 30.8 Å². The number of benzene rings is 2. The predicted octanol–water partition coefficient (Wildman–Crippen LogP) is 2.79. The SMILES string of the molecule is CCOc1cc(/C=N\NC(=O)Cc2ccc(O)cc2)cc([N+](=O)[O-])c1OCC. The van der Waals surface area contributed by atoms with Crippen LogP contribution < -0.4 is 14.9 Å². The topological polar surface area (TPSA) is 123 Å². The minimum atomic E-state index is -0.561. The van der Waals surface area contributed by atoms with E-state index in [0.29, 0.717) is 17.7 Å². The van der Waals surface area contributed by atoms with Crippen LogP contribution >= 0.6 is 0 Å². The number of nitrogens with one attached hydrogen (secondary N) is 1. The maximum atomic E-state index is 11.9. The first-order valence-electron chi connectivity index (χ1n) is 8.62. The molecule has 9 nitrogen and oxygen atoms in total. The molecule has 28 heavy (non-hydrogen) atoms. The molecule has 2 aromatic carbocycles. The number of nitro benzene ring substituents is 1. The van der Waals surface area contributed by atoms with Gasteiger partial charge in [-0.05, 0) is 37.6 Å². The van der Waals surface area contributed by atoms with E-state index in [4.69, 9.17) is 9.47 Å². The van der Waals surface area contributed by atoms with Crippen LogP contribution in [0.15, 0.2) is 41.5 Å². The lowest BCUT2D eigenvalue weighted by Gasteiger charge is -2.11. The molecule has 0 spiro atoms. The van der Waals surface area contributed by atoms with Gasteiger partial charge in [-0.15, -0.1) is 0 Å². The van der Waals surface area contributed by atoms with Gasteiger partial charge in [0.1, 0.15) is 5.75 Å². The first kappa shape index (κ1) is 20.7. The van der Waals surface area contributed by atoms with Crippen LogP contribution in [0.5, 0.6) is 17.2 Å². The Hall–Kier alpha value is -3.62. The van der Waals surface area contributed by atoms with Crippen molar-refractivity contribution in [1.29, 1.82) is 0 Å². The van der Waals surface area contributed by atoms with E-state index < -0.39 is 4.92 Å². The number of hydrazone groups is 1. The minimum Gasteiger partial charge on any atom is -0.508 e. The Morgan fingerprint density at radius 1 is 1.21 bits per heavy atom. The van der Waals surface area contributed by atoms with Crippen LogP contribution in [0.2, 0.25) is 0 Å². The molecular weight excluding hydrogens is 366 g/mol. The molecule has 0 fully saturated rings. The summed E-state index contributed by atoms with van der Waals surface area (Å²) in [5.41, 5.74) is 3.20. The summed E-state index contributed by atoms with van der Waals surface area (Å²) in [5, 5.41) is 24.4. The Morgan fingerprint density at radius 2 is 1.89 bits per heavy atom. The highest BCUT2D eigenvalue weighted by Crippen LogP contribution is 2.38. The third-order valence-electron chi connectivity index (χ3n) is 3.55. The summed E-state index contributed by atoms with van der Waals surface area (Å²) in [6.45, 7) is 4.03. The molecule has 0 aliphatic carbocycles. The van der Waals surface area contributed by atoms with Crippen molar-refractivity contribution in [2.75, 3.05) is 13.2 Å². The lowest BCUT2D eigenvalue weighted by molar-refractivity contribution is -0.385. The van der Waals surface area contributed by atoms with Gasteiger partial charge in [-0.1, -0.05) is 12.1 Å². The zero-order chi connectivity index (χ0) is 20.5. The van der Waals surface area contributed by atoms with Crippen molar-refractivity contribution in [2.45, 2.75) is 20.3 Å². The Labute approximate surface area is 161 Å². The fourth-order valence-corrected chi connectivity index (χ4v) is 2.39. The largest absolute Gasteiger partial charge is 0.508 e. The second-order valence-corrected chi connectivity index (χ2v) is 5.63. The molecule has 0 heterocycles. The lowest BCUT2D eigenvalue weighted by Crippen LogP contribution is -2.19. The molecule has 0 bridgehead atoms. The van der Waals surface area contributed by atoms with Gasteiger partial charge in [-0.3, -0.25) is 14.9 Å². The van der Waals surface area contributed by atoms with Gasteiger partial charge < -0.3 is 14.6 Å². The van der Waals surface area contributed by atoms with E-state index in [1.807, 2.05) is 0 Å². The van der Waals surface area contributed by atoms with E-state index >= 15 is 0 Å². The average Bonchev–Trinajstić information content (AvgIpc) is 2.65. The Bertz CT molecular complexity index is 865. The van der Waals surface area contributed by atoms with E-state index in [9.17, 15) is 20.0 Å². The number of nitrogens with zero attached hydrogens (tertiary/aromatic N) is 2. The van der Waals surface area contributed by atoms with Gasteiger partial charge in [0, 0.05) is 11.6 Å². The predicted molar refractivity (Wildman–Crippen MR) is 103 cm³/mol. The fourth-order valence-electron chi connectivity index (χ4n) is 2.39. The standard InChI is InChI=1S/C19H21N3O6/c1-3-27-17-10-14(9-16(22(25)26)19(17)28-4-2)12-20-21-18(24)11-13-5-7-15(23)8-6-13/h5-10,12,23H,3-4,11H2,1-2H3,(H,21,24)/b20-12-. The van der Waals surface area contributed by atoms with Gasteiger partial charge in [-0.2, -0.15) is 5.10 Å². The summed E-state index contributed by atoms with van der Waals surface area (Å²) in [7, 11) is 0. The Balaban J connectivity index is 2.14. The molecule has 0 aromatic heterocycles. The van der Waals surface area contributed by atoms with Gasteiger partial charge in [-0.25, -0.2) is 5.43 Å². The molecule has 1 amide bonds. The van der Waals surface area contributed by atoms with Gasteiger partial charge >= 0.3 is 5.69 Å². The molecule has 2 aromatic rings. The van der Waals surface area contributed by atoms with Crippen LogP contribution in [0.4, 0.5) is 5.69 Å². The second kappa shape index (κ2) is 9.91. The van der Waals surface area contributed by atoms with Crippen LogP contribution in [-0.2, 0) is 11.2 Å². The molecule has 0 saturated heterocycles. The molecule has 148 valence electrons. The molecule has 0 atom stereocenters. The molecule has 9 heteroatoms. The highest BCUT2D eigenvalue weighted by Gasteiger charge is 2.22. The lowest BCUT2D eigenvalue weighted by atomic mass is 10.1. The number of phenols is 1. The summed E-state index contributed by atoms with van der Waals surface area (Å²) >= 11 is 0. The Kier molecular flexibility index (Phi) is 7.32. The van der Waals surface area contributed by atoms with Crippen LogP contribution in [0.3, 0.4) is 0 Å². The van der Waals surface area contributed by atoms with Crippen molar-refractivity contribution in [2.24, 2.45) is 5.10 Å². The van der Waals surface area contributed by atoms with Gasteiger partial charge in [0.25, 0.3) is 0 Å².